The van der Waals surface area contributed by atoms with Gasteiger partial charge in [0, 0.05) is 15.8 Å². The number of nitrogens with one attached hydrogen (secondary N) is 1. The second-order valence-corrected chi connectivity index (χ2v) is 6.94. The van der Waals surface area contributed by atoms with Crippen LogP contribution in [0.3, 0.4) is 0 Å². The highest BCUT2D eigenvalue weighted by Gasteiger charge is 2.15. The Balaban J connectivity index is 2.23. The fourth-order valence-electron chi connectivity index (χ4n) is 2.27. The van der Waals surface area contributed by atoms with Crippen LogP contribution in [0.5, 0.6) is 0 Å². The first kappa shape index (κ1) is 14.9. The molecule has 1 nitrogen and oxygen atoms in total. The Kier molecular flexibility index (Phi) is 4.91. The third kappa shape index (κ3) is 3.51. The van der Waals surface area contributed by atoms with Crippen LogP contribution in [0.2, 0.25) is 10.0 Å². The van der Waals surface area contributed by atoms with Crippen LogP contribution in [0.1, 0.15) is 26.9 Å². The lowest BCUT2D eigenvalue weighted by molar-refractivity contribution is 0.591. The van der Waals surface area contributed by atoms with E-state index in [9.17, 15) is 0 Å². The fraction of sp³-hybridized carbons (Fsp3) is 0.333. The van der Waals surface area contributed by atoms with Crippen LogP contribution in [0.25, 0.3) is 0 Å². The Morgan fingerprint density at radius 2 is 1.89 bits per heavy atom. The van der Waals surface area contributed by atoms with E-state index < -0.39 is 0 Å². The predicted molar refractivity (Wildman–Crippen MR) is 85.8 cm³/mol. The fourth-order valence-corrected chi connectivity index (χ4v) is 3.57. The smallest absolute Gasteiger partial charge is 0.0595 e. The van der Waals surface area contributed by atoms with E-state index in [-0.39, 0.29) is 0 Å². The number of rotatable bonds is 4. The first-order chi connectivity index (χ1) is 9.01. The molecule has 1 heterocycles. The molecule has 0 bridgehead atoms. The molecule has 0 fully saturated rings. The number of likely N-dealkylation sites (N-methyl/N-ethyl adjacent to an activating group) is 1. The summed E-state index contributed by atoms with van der Waals surface area (Å²) in [5.74, 6) is 0. The molecule has 1 atom stereocenters. The van der Waals surface area contributed by atoms with E-state index in [4.69, 9.17) is 23.2 Å². The summed E-state index contributed by atoms with van der Waals surface area (Å²) in [5.41, 5.74) is 2.56. The molecule has 1 aromatic heterocycles. The van der Waals surface area contributed by atoms with Gasteiger partial charge in [0.15, 0.2) is 0 Å². The molecule has 4 heteroatoms. The maximum Gasteiger partial charge on any atom is 0.0595 e. The molecule has 0 spiro atoms. The van der Waals surface area contributed by atoms with Gasteiger partial charge in [-0.25, -0.2) is 0 Å². The molecule has 19 heavy (non-hydrogen) atoms. The molecule has 2 rings (SSSR count). The second kappa shape index (κ2) is 6.27. The zero-order valence-corrected chi connectivity index (χ0v) is 13.6. The average Bonchev–Trinajstić information content (AvgIpc) is 2.70. The van der Waals surface area contributed by atoms with E-state index in [1.807, 2.05) is 36.6 Å². The number of benzene rings is 1. The van der Waals surface area contributed by atoms with Gasteiger partial charge in [-0.1, -0.05) is 29.3 Å². The summed E-state index contributed by atoms with van der Waals surface area (Å²) in [6.07, 6.45) is 0.907. The zero-order valence-electron chi connectivity index (χ0n) is 11.3. The molecule has 102 valence electrons. The topological polar surface area (TPSA) is 12.0 Å². The van der Waals surface area contributed by atoms with Gasteiger partial charge < -0.3 is 5.32 Å². The predicted octanol–water partition coefficient (Wildman–Crippen LogP) is 5.17. The van der Waals surface area contributed by atoms with E-state index in [0.29, 0.717) is 16.1 Å². The third-order valence-electron chi connectivity index (χ3n) is 3.23. The SMILES string of the molecule is CNC(Cc1ccc(Cl)c(Cl)c1)c1cc(C)sc1C. The Bertz CT molecular complexity index is 578. The normalized spacial score (nSPS) is 12.7. The number of hydrogen-bond donors (Lipinski definition) is 1. The Morgan fingerprint density at radius 3 is 2.42 bits per heavy atom. The first-order valence-corrected chi connectivity index (χ1v) is 7.76. The van der Waals surface area contributed by atoms with Crippen molar-refractivity contribution in [1.82, 2.24) is 5.32 Å². The molecule has 0 amide bonds. The lowest BCUT2D eigenvalue weighted by atomic mass is 9.99. The molecule has 0 aliphatic heterocycles. The van der Waals surface area contributed by atoms with Crippen LogP contribution in [0, 0.1) is 13.8 Å². The number of halogens is 2. The number of hydrogen-bond acceptors (Lipinski definition) is 2. The molecule has 1 aromatic carbocycles. The van der Waals surface area contributed by atoms with Crippen LogP contribution in [0.15, 0.2) is 24.3 Å². The van der Waals surface area contributed by atoms with Crippen LogP contribution in [0.4, 0.5) is 0 Å². The summed E-state index contributed by atoms with van der Waals surface area (Å²) in [4.78, 5) is 2.72. The minimum Gasteiger partial charge on any atom is -0.313 e. The molecule has 0 aliphatic carbocycles. The van der Waals surface area contributed by atoms with Gasteiger partial charge in [0.2, 0.25) is 0 Å². The highest BCUT2D eigenvalue weighted by molar-refractivity contribution is 7.12. The minimum atomic E-state index is 0.308. The molecular weight excluding hydrogens is 297 g/mol. The van der Waals surface area contributed by atoms with Gasteiger partial charge in [-0.3, -0.25) is 0 Å². The summed E-state index contributed by atoms with van der Waals surface area (Å²) in [6, 6.07) is 8.41. The van der Waals surface area contributed by atoms with Gasteiger partial charge in [0.1, 0.15) is 0 Å². The largest absolute Gasteiger partial charge is 0.313 e. The van der Waals surface area contributed by atoms with Gasteiger partial charge in [-0.2, -0.15) is 0 Å². The quantitative estimate of drug-likeness (QED) is 0.820. The van der Waals surface area contributed by atoms with E-state index in [2.05, 4.69) is 25.2 Å². The summed E-state index contributed by atoms with van der Waals surface area (Å²) in [6.45, 7) is 4.32. The van der Waals surface area contributed by atoms with E-state index in [1.54, 1.807) is 0 Å². The van der Waals surface area contributed by atoms with Crippen molar-refractivity contribution < 1.29 is 0 Å². The van der Waals surface area contributed by atoms with Crippen molar-refractivity contribution in [3.63, 3.8) is 0 Å². The monoisotopic (exact) mass is 313 g/mol. The number of aryl methyl sites for hydroxylation is 2. The van der Waals surface area contributed by atoms with Crippen LogP contribution in [-0.2, 0) is 6.42 Å². The van der Waals surface area contributed by atoms with Crippen molar-refractivity contribution in [2.75, 3.05) is 7.05 Å². The van der Waals surface area contributed by atoms with Gasteiger partial charge in [-0.05, 0) is 56.6 Å². The van der Waals surface area contributed by atoms with Gasteiger partial charge in [0.05, 0.1) is 10.0 Å². The second-order valence-electron chi connectivity index (χ2n) is 4.66. The summed E-state index contributed by atoms with van der Waals surface area (Å²) in [7, 11) is 1.99. The van der Waals surface area contributed by atoms with Gasteiger partial charge in [0.25, 0.3) is 0 Å². The Hall–Kier alpha value is -0.540. The van der Waals surface area contributed by atoms with Crippen LogP contribution in [-0.4, -0.2) is 7.05 Å². The van der Waals surface area contributed by atoms with Crippen molar-refractivity contribution in [2.24, 2.45) is 0 Å². The lowest BCUT2D eigenvalue weighted by Gasteiger charge is -2.16. The van der Waals surface area contributed by atoms with Crippen molar-refractivity contribution in [3.05, 3.63) is 55.2 Å². The Morgan fingerprint density at radius 1 is 1.16 bits per heavy atom. The maximum absolute atomic E-state index is 6.07. The average molecular weight is 314 g/mol. The molecule has 0 radical (unpaired) electrons. The molecular formula is C15H17Cl2NS. The van der Waals surface area contributed by atoms with Crippen molar-refractivity contribution in [1.29, 1.82) is 0 Å². The van der Waals surface area contributed by atoms with Crippen molar-refractivity contribution in [3.8, 4) is 0 Å². The Labute approximate surface area is 128 Å². The van der Waals surface area contributed by atoms with E-state index in [0.717, 1.165) is 6.42 Å². The molecule has 0 aliphatic rings. The maximum atomic E-state index is 6.07. The molecule has 1 N–H and O–H groups in total. The molecule has 0 saturated heterocycles. The molecule has 2 aromatic rings. The summed E-state index contributed by atoms with van der Waals surface area (Å²) < 4.78 is 0. The highest BCUT2D eigenvalue weighted by atomic mass is 35.5. The molecule has 0 saturated carbocycles. The summed E-state index contributed by atoms with van der Waals surface area (Å²) >= 11 is 13.9. The van der Waals surface area contributed by atoms with Crippen LogP contribution < -0.4 is 5.32 Å². The third-order valence-corrected chi connectivity index (χ3v) is 4.95. The summed E-state index contributed by atoms with van der Waals surface area (Å²) in [5, 5.41) is 4.61. The van der Waals surface area contributed by atoms with Crippen LogP contribution >= 0.6 is 34.5 Å². The van der Waals surface area contributed by atoms with E-state index >= 15 is 0 Å². The van der Waals surface area contributed by atoms with E-state index in [1.165, 1.54) is 20.9 Å². The van der Waals surface area contributed by atoms with Gasteiger partial charge in [-0.15, -0.1) is 11.3 Å². The minimum absolute atomic E-state index is 0.308. The first-order valence-electron chi connectivity index (χ1n) is 6.19. The standard InChI is InChI=1S/C15H17Cl2NS/c1-9-6-12(10(2)19-9)15(18-3)8-11-4-5-13(16)14(17)7-11/h4-7,15,18H,8H2,1-3H3. The zero-order chi connectivity index (χ0) is 14.0. The highest BCUT2D eigenvalue weighted by Crippen LogP contribution is 2.30. The lowest BCUT2D eigenvalue weighted by Crippen LogP contribution is -2.19. The van der Waals surface area contributed by atoms with Gasteiger partial charge >= 0.3 is 0 Å². The molecule has 1 unspecified atom stereocenters. The number of thiophene rings is 1. The van der Waals surface area contributed by atoms with Crippen molar-refractivity contribution in [2.45, 2.75) is 26.3 Å². The van der Waals surface area contributed by atoms with Crippen molar-refractivity contribution >= 4 is 34.5 Å².